The molecule has 0 radical (unpaired) electrons. The number of para-hydroxylation sites is 1. The molecule has 0 aliphatic heterocycles. The van der Waals surface area contributed by atoms with E-state index in [9.17, 15) is 19.2 Å². The number of nitrogens with two attached hydrogens (primary N) is 1. The summed E-state index contributed by atoms with van der Waals surface area (Å²) in [6.45, 7) is 0.559. The molecule has 1 aromatic carbocycles. The third kappa shape index (κ3) is 5.81. The molecule has 10 heteroatoms. The van der Waals surface area contributed by atoms with Crippen molar-refractivity contribution in [3.63, 3.8) is 0 Å². The van der Waals surface area contributed by atoms with E-state index in [2.05, 4.69) is 20.9 Å². The second-order valence-corrected chi connectivity index (χ2v) is 6.30. The lowest BCUT2D eigenvalue weighted by Gasteiger charge is -2.18. The first-order valence-electron chi connectivity index (χ1n) is 8.65. The van der Waals surface area contributed by atoms with E-state index >= 15 is 0 Å². The maximum absolute atomic E-state index is 12.4. The predicted octanol–water partition coefficient (Wildman–Crippen LogP) is -1.14. The molecule has 0 unspecified atom stereocenters. The van der Waals surface area contributed by atoms with Crippen LogP contribution in [-0.4, -0.2) is 59.0 Å². The smallest absolute Gasteiger partial charge is 0.322 e. The van der Waals surface area contributed by atoms with Gasteiger partial charge in [0.1, 0.15) is 12.6 Å². The number of amides is 3. The lowest BCUT2D eigenvalue weighted by Crippen LogP contribution is -2.52. The largest absolute Gasteiger partial charge is 0.480 e. The van der Waals surface area contributed by atoms with Gasteiger partial charge in [0.05, 0.1) is 12.6 Å². The van der Waals surface area contributed by atoms with Crippen LogP contribution in [0.5, 0.6) is 0 Å². The molecule has 0 aliphatic carbocycles. The molecule has 0 fully saturated rings. The Kier molecular flexibility index (Phi) is 7.10. The summed E-state index contributed by atoms with van der Waals surface area (Å²) < 4.78 is 0. The number of H-pyrrole nitrogens is 1. The third-order valence-electron chi connectivity index (χ3n) is 4.00. The highest BCUT2D eigenvalue weighted by molar-refractivity contribution is 5.92. The maximum atomic E-state index is 12.4. The van der Waals surface area contributed by atoms with Crippen LogP contribution in [0.2, 0.25) is 0 Å². The fourth-order valence-corrected chi connectivity index (χ4v) is 2.59. The Balaban J connectivity index is 2.10. The Labute approximate surface area is 160 Å². The molecule has 2 rings (SSSR count). The van der Waals surface area contributed by atoms with E-state index in [1.165, 1.54) is 6.92 Å². The fraction of sp³-hybridized carbons (Fsp3) is 0.333. The van der Waals surface area contributed by atoms with E-state index in [-0.39, 0.29) is 13.0 Å². The fourth-order valence-electron chi connectivity index (χ4n) is 2.59. The van der Waals surface area contributed by atoms with Crippen molar-refractivity contribution in [1.29, 1.82) is 0 Å². The maximum Gasteiger partial charge on any atom is 0.322 e. The molecule has 0 saturated heterocycles. The summed E-state index contributed by atoms with van der Waals surface area (Å²) in [6.07, 6.45) is 1.87. The van der Waals surface area contributed by atoms with Crippen LogP contribution < -0.4 is 21.7 Å². The van der Waals surface area contributed by atoms with Crippen LogP contribution in [0, 0.1) is 0 Å². The van der Waals surface area contributed by atoms with Crippen LogP contribution in [-0.2, 0) is 25.6 Å². The Morgan fingerprint density at radius 1 is 1.11 bits per heavy atom. The molecule has 0 aliphatic rings. The summed E-state index contributed by atoms with van der Waals surface area (Å²) in [5, 5.41) is 16.8. The number of hydrogen-bond acceptors (Lipinski definition) is 5. The molecule has 7 N–H and O–H groups in total. The van der Waals surface area contributed by atoms with Crippen molar-refractivity contribution < 1.29 is 24.3 Å². The summed E-state index contributed by atoms with van der Waals surface area (Å²) in [7, 11) is 0. The zero-order valence-electron chi connectivity index (χ0n) is 15.3. The normalized spacial score (nSPS) is 12.8. The lowest BCUT2D eigenvalue weighted by molar-refractivity contribution is -0.138. The Hall–Kier alpha value is -3.40. The van der Waals surface area contributed by atoms with Gasteiger partial charge >= 0.3 is 5.97 Å². The standard InChI is InChI=1S/C18H23N5O5/c1-10(19)17(27)21-8-15(24)23-14(18(28)22-9-16(25)26)6-11-7-20-13-5-3-2-4-12(11)13/h2-5,7,10,14,20H,6,8-9,19H2,1H3,(H,21,27)(H,22,28)(H,23,24)(H,25,26)/t10-,14-/m0/s1. The minimum atomic E-state index is -1.20. The highest BCUT2D eigenvalue weighted by Gasteiger charge is 2.23. The van der Waals surface area contributed by atoms with Crippen LogP contribution in [0.15, 0.2) is 30.5 Å². The van der Waals surface area contributed by atoms with Crippen molar-refractivity contribution in [1.82, 2.24) is 20.9 Å². The molecule has 0 spiro atoms. The number of rotatable bonds is 9. The molecule has 0 bridgehead atoms. The molecule has 0 saturated carbocycles. The quantitative estimate of drug-likeness (QED) is 0.317. The van der Waals surface area contributed by atoms with Crippen molar-refractivity contribution >= 4 is 34.6 Å². The second-order valence-electron chi connectivity index (χ2n) is 6.30. The van der Waals surface area contributed by atoms with Gasteiger partial charge in [-0.25, -0.2) is 0 Å². The monoisotopic (exact) mass is 389 g/mol. The summed E-state index contributed by atoms with van der Waals surface area (Å²) >= 11 is 0. The number of nitrogens with one attached hydrogen (secondary N) is 4. The Bertz CT molecular complexity index is 876. The zero-order valence-corrected chi connectivity index (χ0v) is 15.3. The van der Waals surface area contributed by atoms with Gasteiger partial charge in [0.15, 0.2) is 0 Å². The topological polar surface area (TPSA) is 166 Å². The van der Waals surface area contributed by atoms with Gasteiger partial charge in [0.2, 0.25) is 17.7 Å². The highest BCUT2D eigenvalue weighted by atomic mass is 16.4. The van der Waals surface area contributed by atoms with Gasteiger partial charge in [-0.1, -0.05) is 18.2 Å². The van der Waals surface area contributed by atoms with Gasteiger partial charge in [-0.3, -0.25) is 19.2 Å². The van der Waals surface area contributed by atoms with Crippen molar-refractivity contribution in [3.05, 3.63) is 36.0 Å². The number of hydrogen-bond donors (Lipinski definition) is 6. The third-order valence-corrected chi connectivity index (χ3v) is 4.00. The number of benzene rings is 1. The van der Waals surface area contributed by atoms with Crippen LogP contribution in [0.4, 0.5) is 0 Å². The van der Waals surface area contributed by atoms with E-state index in [0.29, 0.717) is 0 Å². The molecule has 1 heterocycles. The van der Waals surface area contributed by atoms with Gasteiger partial charge in [-0.2, -0.15) is 0 Å². The molecular weight excluding hydrogens is 366 g/mol. The zero-order chi connectivity index (χ0) is 20.7. The molecule has 2 atom stereocenters. The summed E-state index contributed by atoms with van der Waals surface area (Å²) in [4.78, 5) is 49.8. The van der Waals surface area contributed by atoms with E-state index in [4.69, 9.17) is 10.8 Å². The van der Waals surface area contributed by atoms with Crippen LogP contribution >= 0.6 is 0 Å². The average Bonchev–Trinajstić information content (AvgIpc) is 3.06. The Morgan fingerprint density at radius 3 is 2.46 bits per heavy atom. The molecular formula is C18H23N5O5. The van der Waals surface area contributed by atoms with E-state index < -0.39 is 42.3 Å². The summed E-state index contributed by atoms with van der Waals surface area (Å²) in [5.41, 5.74) is 7.07. The molecule has 10 nitrogen and oxygen atoms in total. The van der Waals surface area contributed by atoms with Gasteiger partial charge in [0.25, 0.3) is 0 Å². The number of carboxylic acids is 1. The first kappa shape index (κ1) is 20.9. The van der Waals surface area contributed by atoms with Crippen LogP contribution in [0.25, 0.3) is 10.9 Å². The molecule has 1 aromatic heterocycles. The number of carboxylic acid groups (broad SMARTS) is 1. The molecule has 150 valence electrons. The predicted molar refractivity (Wildman–Crippen MR) is 101 cm³/mol. The van der Waals surface area contributed by atoms with E-state index in [0.717, 1.165) is 16.5 Å². The van der Waals surface area contributed by atoms with Crippen molar-refractivity contribution in [2.45, 2.75) is 25.4 Å². The molecule has 2 aromatic rings. The number of carbonyl (C=O) groups is 4. The van der Waals surface area contributed by atoms with Crippen molar-refractivity contribution in [2.75, 3.05) is 13.1 Å². The van der Waals surface area contributed by atoms with Crippen molar-refractivity contribution in [3.8, 4) is 0 Å². The van der Waals surface area contributed by atoms with Crippen molar-refractivity contribution in [2.24, 2.45) is 5.73 Å². The summed E-state index contributed by atoms with van der Waals surface area (Å²) in [6, 6.07) is 5.68. The molecule has 28 heavy (non-hydrogen) atoms. The number of aromatic amines is 1. The SMILES string of the molecule is C[C@H](N)C(=O)NCC(=O)N[C@@H](Cc1c[nH]c2ccccc12)C(=O)NCC(=O)O. The first-order valence-corrected chi connectivity index (χ1v) is 8.65. The van der Waals surface area contributed by atoms with Crippen LogP contribution in [0.3, 0.4) is 0 Å². The second kappa shape index (κ2) is 9.51. The number of aliphatic carboxylic acids is 1. The minimum absolute atomic E-state index is 0.141. The number of aromatic nitrogens is 1. The Morgan fingerprint density at radius 2 is 1.79 bits per heavy atom. The van der Waals surface area contributed by atoms with Gasteiger partial charge < -0.3 is 31.8 Å². The highest BCUT2D eigenvalue weighted by Crippen LogP contribution is 2.19. The van der Waals surface area contributed by atoms with Crippen LogP contribution in [0.1, 0.15) is 12.5 Å². The number of fused-ring (bicyclic) bond motifs is 1. The van der Waals surface area contributed by atoms with Gasteiger partial charge in [-0.05, 0) is 18.6 Å². The number of carbonyl (C=O) groups excluding carboxylic acids is 3. The van der Waals surface area contributed by atoms with Gasteiger partial charge in [0, 0.05) is 23.5 Å². The average molecular weight is 389 g/mol. The first-order chi connectivity index (χ1) is 13.3. The minimum Gasteiger partial charge on any atom is -0.480 e. The van der Waals surface area contributed by atoms with E-state index in [1.54, 1.807) is 6.20 Å². The molecule has 3 amide bonds. The van der Waals surface area contributed by atoms with Gasteiger partial charge in [-0.15, -0.1) is 0 Å². The lowest BCUT2D eigenvalue weighted by atomic mass is 10.0. The summed E-state index contributed by atoms with van der Waals surface area (Å²) in [5.74, 6) is -2.93. The van der Waals surface area contributed by atoms with E-state index in [1.807, 2.05) is 24.3 Å².